The minimum absolute atomic E-state index is 0. The second-order valence-electron chi connectivity index (χ2n) is 5.93. The summed E-state index contributed by atoms with van der Waals surface area (Å²) in [7, 11) is 0. The van der Waals surface area contributed by atoms with E-state index >= 15 is 0 Å². The summed E-state index contributed by atoms with van der Waals surface area (Å²) < 4.78 is 0. The third kappa shape index (κ3) is 4.71. The minimum atomic E-state index is -0.0340. The van der Waals surface area contributed by atoms with Gasteiger partial charge in [-0.3, -0.25) is 9.69 Å². The third-order valence-corrected chi connectivity index (χ3v) is 4.42. The second-order valence-corrected chi connectivity index (χ2v) is 6.37. The summed E-state index contributed by atoms with van der Waals surface area (Å²) in [6.07, 6.45) is 0. The van der Waals surface area contributed by atoms with Gasteiger partial charge in [-0.2, -0.15) is 0 Å². The average molecular weight is 366 g/mol. The Labute approximate surface area is 153 Å². The molecule has 2 atom stereocenters. The number of benzene rings is 2. The maximum atomic E-state index is 12.2. The smallest absolute Gasteiger partial charge is 0.238 e. The highest BCUT2D eigenvalue weighted by Crippen LogP contribution is 2.26. The molecule has 1 aliphatic rings. The zero-order chi connectivity index (χ0) is 16.2. The van der Waals surface area contributed by atoms with E-state index in [2.05, 4.69) is 22.3 Å². The van der Waals surface area contributed by atoms with Crippen molar-refractivity contribution in [1.29, 1.82) is 0 Å². The van der Waals surface area contributed by atoms with Crippen LogP contribution < -0.4 is 11.1 Å². The number of carbonyl (C=O) groups is 1. The molecule has 24 heavy (non-hydrogen) atoms. The van der Waals surface area contributed by atoms with E-state index < -0.39 is 0 Å². The molecule has 3 N–H and O–H groups in total. The van der Waals surface area contributed by atoms with Gasteiger partial charge >= 0.3 is 0 Å². The lowest BCUT2D eigenvalue weighted by atomic mass is 9.95. The Hall–Kier alpha value is -1.59. The van der Waals surface area contributed by atoms with E-state index in [0.29, 0.717) is 11.6 Å². The van der Waals surface area contributed by atoms with Crippen molar-refractivity contribution in [3.8, 4) is 0 Å². The summed E-state index contributed by atoms with van der Waals surface area (Å²) in [4.78, 5) is 14.3. The topological polar surface area (TPSA) is 58.4 Å². The number of anilines is 1. The Balaban J connectivity index is 0.00000208. The van der Waals surface area contributed by atoms with Crippen LogP contribution in [0.15, 0.2) is 54.6 Å². The van der Waals surface area contributed by atoms with E-state index in [1.54, 1.807) is 24.3 Å². The van der Waals surface area contributed by atoms with Gasteiger partial charge in [0.2, 0.25) is 5.91 Å². The fraction of sp³-hybridized carbons (Fsp3) is 0.278. The summed E-state index contributed by atoms with van der Waals surface area (Å²) in [5.41, 5.74) is 8.25. The van der Waals surface area contributed by atoms with E-state index in [1.165, 1.54) is 5.56 Å². The molecule has 4 nitrogen and oxygen atoms in total. The van der Waals surface area contributed by atoms with E-state index in [9.17, 15) is 4.79 Å². The SMILES string of the molecule is Cl.N[C@@H]1CN(CC(=O)Nc2ccc(Cl)cc2)C[C@H]1c1ccccc1. The van der Waals surface area contributed by atoms with Gasteiger partial charge in [-0.15, -0.1) is 12.4 Å². The molecule has 1 saturated heterocycles. The number of nitrogens with two attached hydrogens (primary N) is 1. The van der Waals surface area contributed by atoms with Crippen molar-refractivity contribution >= 4 is 35.6 Å². The molecule has 1 fully saturated rings. The first-order valence-corrected chi connectivity index (χ1v) is 8.08. The first kappa shape index (κ1) is 18.7. The van der Waals surface area contributed by atoms with E-state index in [1.807, 2.05) is 18.2 Å². The third-order valence-electron chi connectivity index (χ3n) is 4.16. The molecule has 128 valence electrons. The lowest BCUT2D eigenvalue weighted by Gasteiger charge is -2.16. The van der Waals surface area contributed by atoms with Crippen LogP contribution >= 0.6 is 24.0 Å². The average Bonchev–Trinajstić information content (AvgIpc) is 2.91. The Kier molecular flexibility index (Phi) is 6.63. The van der Waals surface area contributed by atoms with Crippen LogP contribution in [0.1, 0.15) is 11.5 Å². The molecule has 0 bridgehead atoms. The molecule has 0 unspecified atom stereocenters. The van der Waals surface area contributed by atoms with Crippen molar-refractivity contribution in [3.05, 3.63) is 65.2 Å². The molecule has 1 amide bonds. The first-order chi connectivity index (χ1) is 11.1. The van der Waals surface area contributed by atoms with Gasteiger partial charge in [0.1, 0.15) is 0 Å². The molecule has 0 spiro atoms. The number of hydrogen-bond donors (Lipinski definition) is 2. The van der Waals surface area contributed by atoms with Crippen LogP contribution in [0.25, 0.3) is 0 Å². The van der Waals surface area contributed by atoms with Crippen LogP contribution in [0.2, 0.25) is 5.02 Å². The number of rotatable bonds is 4. The second kappa shape index (κ2) is 8.49. The fourth-order valence-electron chi connectivity index (χ4n) is 3.03. The molecule has 3 rings (SSSR count). The highest BCUT2D eigenvalue weighted by molar-refractivity contribution is 6.30. The van der Waals surface area contributed by atoms with Gasteiger partial charge in [0, 0.05) is 35.8 Å². The van der Waals surface area contributed by atoms with Crippen molar-refractivity contribution in [2.45, 2.75) is 12.0 Å². The van der Waals surface area contributed by atoms with Gasteiger partial charge in [0.05, 0.1) is 6.54 Å². The number of nitrogens with zero attached hydrogens (tertiary/aromatic N) is 1. The van der Waals surface area contributed by atoms with Gasteiger partial charge in [0.15, 0.2) is 0 Å². The molecular weight excluding hydrogens is 345 g/mol. The quantitative estimate of drug-likeness (QED) is 0.874. The largest absolute Gasteiger partial charge is 0.326 e. The van der Waals surface area contributed by atoms with Gasteiger partial charge in [-0.25, -0.2) is 0 Å². The van der Waals surface area contributed by atoms with Crippen LogP contribution in [0.4, 0.5) is 5.69 Å². The van der Waals surface area contributed by atoms with Crippen molar-refractivity contribution in [3.63, 3.8) is 0 Å². The zero-order valence-corrected chi connectivity index (χ0v) is 14.8. The number of hydrogen-bond acceptors (Lipinski definition) is 3. The normalized spacial score (nSPS) is 20.4. The number of likely N-dealkylation sites (tertiary alicyclic amines) is 1. The molecule has 6 heteroatoms. The lowest BCUT2D eigenvalue weighted by Crippen LogP contribution is -2.33. The molecule has 2 aromatic carbocycles. The predicted molar refractivity (Wildman–Crippen MR) is 101 cm³/mol. The van der Waals surface area contributed by atoms with Crippen LogP contribution in [0.3, 0.4) is 0 Å². The molecule has 1 heterocycles. The molecule has 0 aliphatic carbocycles. The Morgan fingerprint density at radius 1 is 1.12 bits per heavy atom. The highest BCUT2D eigenvalue weighted by Gasteiger charge is 2.31. The lowest BCUT2D eigenvalue weighted by molar-refractivity contribution is -0.117. The van der Waals surface area contributed by atoms with E-state index in [-0.39, 0.29) is 30.3 Å². The molecule has 2 aromatic rings. The standard InChI is InChI=1S/C18H20ClN3O.ClH/c19-14-6-8-15(9-7-14)21-18(23)12-22-10-16(17(20)11-22)13-4-2-1-3-5-13;/h1-9,16-17H,10-12,20H2,(H,21,23);1H/t16-,17+;/m0./s1. The van der Waals surface area contributed by atoms with E-state index in [0.717, 1.165) is 18.8 Å². The molecule has 0 aromatic heterocycles. The fourth-order valence-corrected chi connectivity index (χ4v) is 3.16. The monoisotopic (exact) mass is 365 g/mol. The van der Waals surface area contributed by atoms with E-state index in [4.69, 9.17) is 17.3 Å². The maximum Gasteiger partial charge on any atom is 0.238 e. The zero-order valence-electron chi connectivity index (χ0n) is 13.2. The number of carbonyl (C=O) groups excluding carboxylic acids is 1. The van der Waals surface area contributed by atoms with Gasteiger partial charge in [0.25, 0.3) is 0 Å². The summed E-state index contributed by atoms with van der Waals surface area (Å²) in [5.74, 6) is 0.243. The summed E-state index contributed by atoms with van der Waals surface area (Å²) in [6.45, 7) is 1.88. The van der Waals surface area contributed by atoms with Crippen molar-refractivity contribution in [1.82, 2.24) is 4.90 Å². The van der Waals surface area contributed by atoms with Crippen molar-refractivity contribution < 1.29 is 4.79 Å². The maximum absolute atomic E-state index is 12.2. The Morgan fingerprint density at radius 2 is 1.79 bits per heavy atom. The Bertz CT molecular complexity index is 664. The molecule has 1 aliphatic heterocycles. The Morgan fingerprint density at radius 3 is 2.46 bits per heavy atom. The summed E-state index contributed by atoms with van der Waals surface area (Å²) in [5, 5.41) is 3.54. The number of nitrogens with one attached hydrogen (secondary N) is 1. The minimum Gasteiger partial charge on any atom is -0.326 e. The van der Waals surface area contributed by atoms with Gasteiger partial charge in [-0.05, 0) is 29.8 Å². The van der Waals surface area contributed by atoms with Gasteiger partial charge in [-0.1, -0.05) is 41.9 Å². The van der Waals surface area contributed by atoms with Crippen molar-refractivity contribution in [2.75, 3.05) is 25.0 Å². The predicted octanol–water partition coefficient (Wildman–Crippen LogP) is 3.13. The summed E-state index contributed by atoms with van der Waals surface area (Å²) >= 11 is 5.84. The first-order valence-electron chi connectivity index (χ1n) is 7.70. The molecule has 0 radical (unpaired) electrons. The number of amides is 1. The molecular formula is C18H21Cl2N3O. The van der Waals surface area contributed by atoms with Crippen LogP contribution in [0, 0.1) is 0 Å². The van der Waals surface area contributed by atoms with Crippen LogP contribution in [-0.4, -0.2) is 36.5 Å². The van der Waals surface area contributed by atoms with Crippen LogP contribution in [0.5, 0.6) is 0 Å². The van der Waals surface area contributed by atoms with Crippen LogP contribution in [-0.2, 0) is 4.79 Å². The van der Waals surface area contributed by atoms with Gasteiger partial charge < -0.3 is 11.1 Å². The number of halogens is 2. The molecule has 0 saturated carbocycles. The summed E-state index contributed by atoms with van der Waals surface area (Å²) in [6, 6.07) is 17.4. The van der Waals surface area contributed by atoms with Crippen molar-refractivity contribution in [2.24, 2.45) is 5.73 Å². The highest BCUT2D eigenvalue weighted by atomic mass is 35.5.